The van der Waals surface area contributed by atoms with Crippen molar-refractivity contribution in [2.75, 3.05) is 13.2 Å². The smallest absolute Gasteiger partial charge is 0.125 e. The lowest BCUT2D eigenvalue weighted by molar-refractivity contribution is 0.284. The number of aryl methyl sites for hydroxylation is 1. The number of fused-ring (bicyclic) bond motifs is 1. The highest BCUT2D eigenvalue weighted by Crippen LogP contribution is 2.33. The van der Waals surface area contributed by atoms with Crippen LogP contribution in [0.25, 0.3) is 0 Å². The number of aliphatic hydroxyl groups excluding tert-OH is 1. The van der Waals surface area contributed by atoms with E-state index in [2.05, 4.69) is 28.1 Å². The quantitative estimate of drug-likeness (QED) is 0.853. The monoisotopic (exact) mass is 270 g/mol. The maximum absolute atomic E-state index is 8.75. The molecule has 1 aromatic carbocycles. The fourth-order valence-corrected chi connectivity index (χ4v) is 2.51. The van der Waals surface area contributed by atoms with Crippen molar-refractivity contribution in [3.05, 3.63) is 27.7 Å². The van der Waals surface area contributed by atoms with Crippen molar-refractivity contribution in [3.63, 3.8) is 0 Å². The molecule has 15 heavy (non-hydrogen) atoms. The molecule has 0 saturated heterocycles. The number of aliphatic hydroxyl groups is 1. The first-order valence-electron chi connectivity index (χ1n) is 5.36. The van der Waals surface area contributed by atoms with Gasteiger partial charge in [0.25, 0.3) is 0 Å². The zero-order valence-electron chi connectivity index (χ0n) is 8.63. The van der Waals surface area contributed by atoms with Crippen LogP contribution in [0, 0.1) is 0 Å². The first kappa shape index (κ1) is 11.0. The summed E-state index contributed by atoms with van der Waals surface area (Å²) < 4.78 is 6.76. The summed E-state index contributed by atoms with van der Waals surface area (Å²) in [5.41, 5.74) is 2.58. The molecule has 82 valence electrons. The van der Waals surface area contributed by atoms with Crippen LogP contribution in [0.2, 0.25) is 0 Å². The van der Waals surface area contributed by atoms with Crippen molar-refractivity contribution in [2.24, 2.45) is 0 Å². The fourth-order valence-electron chi connectivity index (χ4n) is 1.96. The van der Waals surface area contributed by atoms with Crippen molar-refractivity contribution < 1.29 is 9.84 Å². The van der Waals surface area contributed by atoms with Crippen LogP contribution in [0.4, 0.5) is 0 Å². The summed E-state index contributed by atoms with van der Waals surface area (Å²) in [6.07, 6.45) is 3.88. The lowest BCUT2D eigenvalue weighted by Gasteiger charge is -2.08. The van der Waals surface area contributed by atoms with Gasteiger partial charge in [-0.1, -0.05) is 15.9 Å². The molecule has 2 rings (SSSR count). The van der Waals surface area contributed by atoms with E-state index in [0.717, 1.165) is 42.5 Å². The summed E-state index contributed by atoms with van der Waals surface area (Å²) in [4.78, 5) is 0. The maximum atomic E-state index is 8.75. The van der Waals surface area contributed by atoms with Crippen LogP contribution in [-0.2, 0) is 12.8 Å². The van der Waals surface area contributed by atoms with Gasteiger partial charge < -0.3 is 9.84 Å². The zero-order valence-corrected chi connectivity index (χ0v) is 10.2. The Balaban J connectivity index is 2.15. The normalized spacial score (nSPS) is 13.7. The number of halogens is 1. The van der Waals surface area contributed by atoms with Gasteiger partial charge >= 0.3 is 0 Å². The molecular weight excluding hydrogens is 256 g/mol. The number of rotatable bonds is 4. The van der Waals surface area contributed by atoms with E-state index in [1.54, 1.807) is 0 Å². The Labute approximate surface area is 98.4 Å². The van der Waals surface area contributed by atoms with Crippen molar-refractivity contribution >= 4 is 15.9 Å². The topological polar surface area (TPSA) is 29.5 Å². The predicted molar refractivity (Wildman–Crippen MR) is 63.4 cm³/mol. The molecule has 0 atom stereocenters. The van der Waals surface area contributed by atoms with Gasteiger partial charge in [0.05, 0.1) is 6.61 Å². The molecule has 1 aliphatic heterocycles. The average Bonchev–Trinajstić information content (AvgIpc) is 2.65. The third-order valence-corrected chi connectivity index (χ3v) is 3.14. The third-order valence-electron chi connectivity index (χ3n) is 2.68. The van der Waals surface area contributed by atoms with Crippen LogP contribution in [0.5, 0.6) is 5.75 Å². The van der Waals surface area contributed by atoms with E-state index in [4.69, 9.17) is 9.84 Å². The van der Waals surface area contributed by atoms with E-state index < -0.39 is 0 Å². The Morgan fingerprint density at radius 2 is 2.20 bits per heavy atom. The van der Waals surface area contributed by atoms with Crippen LogP contribution in [0.15, 0.2) is 16.6 Å². The Morgan fingerprint density at radius 1 is 1.33 bits per heavy atom. The van der Waals surface area contributed by atoms with Crippen molar-refractivity contribution in [3.8, 4) is 5.75 Å². The second kappa shape index (κ2) is 4.99. The van der Waals surface area contributed by atoms with Gasteiger partial charge in [0, 0.05) is 17.5 Å². The summed E-state index contributed by atoms with van der Waals surface area (Å²) in [5, 5.41) is 8.75. The number of hydrogen-bond donors (Lipinski definition) is 1. The van der Waals surface area contributed by atoms with Gasteiger partial charge in [-0.25, -0.2) is 0 Å². The molecule has 0 unspecified atom stereocenters. The predicted octanol–water partition coefficient (Wildman–Crippen LogP) is 2.70. The van der Waals surface area contributed by atoms with Gasteiger partial charge in [-0.05, 0) is 42.5 Å². The van der Waals surface area contributed by atoms with Gasteiger partial charge in [-0.2, -0.15) is 0 Å². The SMILES string of the molecule is OCCCCc1cc(Br)cc2c1OCC2. The number of ether oxygens (including phenoxy) is 1. The van der Waals surface area contributed by atoms with Crippen LogP contribution in [0.3, 0.4) is 0 Å². The molecule has 1 aromatic rings. The standard InChI is InChI=1S/C12H15BrO2/c13-11-7-9(3-1-2-5-14)12-10(8-11)4-6-15-12/h7-8,14H,1-6H2. The van der Waals surface area contributed by atoms with Crippen LogP contribution >= 0.6 is 15.9 Å². The van der Waals surface area contributed by atoms with Crippen molar-refractivity contribution in [2.45, 2.75) is 25.7 Å². The minimum atomic E-state index is 0.275. The van der Waals surface area contributed by atoms with E-state index >= 15 is 0 Å². The molecule has 0 aromatic heterocycles. The zero-order chi connectivity index (χ0) is 10.7. The Bertz CT molecular complexity index is 350. The Morgan fingerprint density at radius 3 is 3.00 bits per heavy atom. The summed E-state index contributed by atoms with van der Waals surface area (Å²) >= 11 is 3.52. The Hall–Kier alpha value is -0.540. The first-order chi connectivity index (χ1) is 7.31. The van der Waals surface area contributed by atoms with Gasteiger partial charge in [-0.15, -0.1) is 0 Å². The fraction of sp³-hybridized carbons (Fsp3) is 0.500. The molecule has 0 saturated carbocycles. The van der Waals surface area contributed by atoms with E-state index in [1.807, 2.05) is 0 Å². The van der Waals surface area contributed by atoms with Crippen LogP contribution in [0.1, 0.15) is 24.0 Å². The lowest BCUT2D eigenvalue weighted by atomic mass is 10.0. The van der Waals surface area contributed by atoms with E-state index in [-0.39, 0.29) is 6.61 Å². The molecule has 0 amide bonds. The second-order valence-electron chi connectivity index (χ2n) is 3.83. The van der Waals surface area contributed by atoms with Gasteiger partial charge in [0.1, 0.15) is 5.75 Å². The molecule has 0 fully saturated rings. The van der Waals surface area contributed by atoms with Gasteiger partial charge in [0.15, 0.2) is 0 Å². The highest BCUT2D eigenvalue weighted by molar-refractivity contribution is 9.10. The van der Waals surface area contributed by atoms with Crippen molar-refractivity contribution in [1.29, 1.82) is 0 Å². The highest BCUT2D eigenvalue weighted by atomic mass is 79.9. The molecule has 0 bridgehead atoms. The minimum Gasteiger partial charge on any atom is -0.493 e. The van der Waals surface area contributed by atoms with E-state index in [9.17, 15) is 0 Å². The summed E-state index contributed by atoms with van der Waals surface area (Å²) in [6, 6.07) is 4.26. The molecule has 0 aliphatic carbocycles. The molecule has 0 radical (unpaired) electrons. The molecule has 0 spiro atoms. The van der Waals surface area contributed by atoms with Gasteiger partial charge in [-0.3, -0.25) is 0 Å². The summed E-state index contributed by atoms with van der Waals surface area (Å²) in [7, 11) is 0. The highest BCUT2D eigenvalue weighted by Gasteiger charge is 2.16. The molecule has 1 N–H and O–H groups in total. The average molecular weight is 271 g/mol. The van der Waals surface area contributed by atoms with Crippen LogP contribution in [-0.4, -0.2) is 18.3 Å². The molecular formula is C12H15BrO2. The van der Waals surface area contributed by atoms with Crippen molar-refractivity contribution in [1.82, 2.24) is 0 Å². The largest absolute Gasteiger partial charge is 0.493 e. The van der Waals surface area contributed by atoms with Crippen LogP contribution < -0.4 is 4.74 Å². The maximum Gasteiger partial charge on any atom is 0.125 e. The molecule has 2 nitrogen and oxygen atoms in total. The minimum absolute atomic E-state index is 0.275. The number of benzene rings is 1. The molecule has 3 heteroatoms. The molecule has 1 heterocycles. The summed E-state index contributed by atoms with van der Waals surface area (Å²) in [6.45, 7) is 1.08. The number of hydrogen-bond acceptors (Lipinski definition) is 2. The summed E-state index contributed by atoms with van der Waals surface area (Å²) in [5.74, 6) is 1.08. The Kier molecular flexibility index (Phi) is 3.65. The van der Waals surface area contributed by atoms with Gasteiger partial charge in [0.2, 0.25) is 0 Å². The van der Waals surface area contributed by atoms with E-state index in [0.29, 0.717) is 0 Å². The first-order valence-corrected chi connectivity index (χ1v) is 6.15. The molecule has 1 aliphatic rings. The van der Waals surface area contributed by atoms with E-state index in [1.165, 1.54) is 11.1 Å². The lowest BCUT2D eigenvalue weighted by Crippen LogP contribution is -1.94. The number of unbranched alkanes of at least 4 members (excludes halogenated alkanes) is 1. The third kappa shape index (κ3) is 2.52. The second-order valence-corrected chi connectivity index (χ2v) is 4.75.